The van der Waals surface area contributed by atoms with Crippen LogP contribution in [0.4, 0.5) is 5.69 Å². The maximum absolute atomic E-state index is 12.2. The molecule has 0 radical (unpaired) electrons. The average molecular weight is 339 g/mol. The van der Waals surface area contributed by atoms with Gasteiger partial charge in [-0.2, -0.15) is 0 Å². The van der Waals surface area contributed by atoms with E-state index in [2.05, 4.69) is 15.0 Å². The Balaban J connectivity index is 2.25. The highest BCUT2D eigenvalue weighted by Gasteiger charge is 2.15. The van der Waals surface area contributed by atoms with Crippen molar-refractivity contribution in [1.82, 2.24) is 4.98 Å². The molecule has 0 unspecified atom stereocenters. The SMILES string of the molecule is COC(=O)c1ccc(NC(=O)c2nc(Cl)ccc2Cl)c(C)c1. The highest BCUT2D eigenvalue weighted by Crippen LogP contribution is 2.21. The summed E-state index contributed by atoms with van der Waals surface area (Å²) in [5.41, 5.74) is 1.67. The van der Waals surface area contributed by atoms with Crippen molar-refractivity contribution >= 4 is 40.8 Å². The summed E-state index contributed by atoms with van der Waals surface area (Å²) in [4.78, 5) is 27.6. The van der Waals surface area contributed by atoms with Gasteiger partial charge < -0.3 is 10.1 Å². The first-order valence-corrected chi connectivity index (χ1v) is 7.00. The van der Waals surface area contributed by atoms with E-state index in [1.54, 1.807) is 25.1 Å². The molecule has 0 spiro atoms. The van der Waals surface area contributed by atoms with Crippen LogP contribution in [0.2, 0.25) is 10.2 Å². The number of hydrogen-bond acceptors (Lipinski definition) is 4. The number of amides is 1. The summed E-state index contributed by atoms with van der Waals surface area (Å²) in [6.45, 7) is 1.76. The number of nitrogens with zero attached hydrogens (tertiary/aromatic N) is 1. The van der Waals surface area contributed by atoms with Gasteiger partial charge in [0.1, 0.15) is 10.8 Å². The molecule has 0 bridgehead atoms. The maximum Gasteiger partial charge on any atom is 0.337 e. The number of esters is 1. The van der Waals surface area contributed by atoms with Gasteiger partial charge in [-0.25, -0.2) is 9.78 Å². The molecule has 1 aromatic heterocycles. The molecule has 2 rings (SSSR count). The summed E-state index contributed by atoms with van der Waals surface area (Å²) in [6.07, 6.45) is 0. The van der Waals surface area contributed by atoms with Crippen molar-refractivity contribution in [1.29, 1.82) is 0 Å². The molecule has 7 heteroatoms. The predicted molar refractivity (Wildman–Crippen MR) is 84.7 cm³/mol. The predicted octanol–water partition coefficient (Wildman–Crippen LogP) is 3.74. The zero-order valence-electron chi connectivity index (χ0n) is 11.8. The molecule has 0 saturated carbocycles. The van der Waals surface area contributed by atoms with E-state index in [1.807, 2.05) is 0 Å². The molecule has 0 fully saturated rings. The third-order valence-electron chi connectivity index (χ3n) is 2.92. The number of benzene rings is 1. The summed E-state index contributed by atoms with van der Waals surface area (Å²) in [5, 5.41) is 3.06. The van der Waals surface area contributed by atoms with E-state index in [9.17, 15) is 9.59 Å². The lowest BCUT2D eigenvalue weighted by Gasteiger charge is -2.10. The topological polar surface area (TPSA) is 68.3 Å². The Kier molecular flexibility index (Phi) is 5.00. The van der Waals surface area contributed by atoms with E-state index >= 15 is 0 Å². The summed E-state index contributed by atoms with van der Waals surface area (Å²) in [5.74, 6) is -0.929. The molecule has 0 aliphatic heterocycles. The molecule has 0 saturated heterocycles. The van der Waals surface area contributed by atoms with Gasteiger partial charge in [-0.1, -0.05) is 23.2 Å². The summed E-state index contributed by atoms with van der Waals surface area (Å²) >= 11 is 11.7. The second-order valence-electron chi connectivity index (χ2n) is 4.44. The Morgan fingerprint density at radius 2 is 1.91 bits per heavy atom. The molecule has 0 aliphatic carbocycles. The standard InChI is InChI=1S/C15H12Cl2N2O3/c1-8-7-9(15(21)22-2)3-5-11(8)18-14(20)13-10(16)4-6-12(17)19-13/h3-7H,1-2H3,(H,18,20). The van der Waals surface area contributed by atoms with Crippen LogP contribution >= 0.6 is 23.2 Å². The number of anilines is 1. The fourth-order valence-corrected chi connectivity index (χ4v) is 2.15. The van der Waals surface area contributed by atoms with Crippen LogP contribution in [-0.2, 0) is 4.74 Å². The molecule has 1 N–H and O–H groups in total. The van der Waals surface area contributed by atoms with Crippen LogP contribution in [0.25, 0.3) is 0 Å². The van der Waals surface area contributed by atoms with Crippen LogP contribution in [-0.4, -0.2) is 24.0 Å². The number of aromatic nitrogens is 1. The van der Waals surface area contributed by atoms with Gasteiger partial charge in [0.05, 0.1) is 17.7 Å². The van der Waals surface area contributed by atoms with E-state index in [-0.39, 0.29) is 15.9 Å². The van der Waals surface area contributed by atoms with Gasteiger partial charge in [-0.15, -0.1) is 0 Å². The third-order valence-corrected chi connectivity index (χ3v) is 3.44. The average Bonchev–Trinajstić information content (AvgIpc) is 2.50. The number of carbonyl (C=O) groups is 2. The van der Waals surface area contributed by atoms with Crippen LogP contribution < -0.4 is 5.32 Å². The highest BCUT2D eigenvalue weighted by molar-refractivity contribution is 6.35. The molecule has 1 aromatic carbocycles. The van der Waals surface area contributed by atoms with Crippen LogP contribution in [0.3, 0.4) is 0 Å². The van der Waals surface area contributed by atoms with E-state index in [0.717, 1.165) is 0 Å². The van der Waals surface area contributed by atoms with E-state index in [0.29, 0.717) is 16.8 Å². The van der Waals surface area contributed by atoms with Crippen molar-refractivity contribution in [2.45, 2.75) is 6.92 Å². The van der Waals surface area contributed by atoms with Gasteiger partial charge >= 0.3 is 5.97 Å². The minimum Gasteiger partial charge on any atom is -0.465 e. The number of methoxy groups -OCH3 is 1. The molecular weight excluding hydrogens is 327 g/mol. The van der Waals surface area contributed by atoms with Crippen molar-refractivity contribution in [3.8, 4) is 0 Å². The summed E-state index contributed by atoms with van der Waals surface area (Å²) in [7, 11) is 1.31. The normalized spacial score (nSPS) is 10.2. The van der Waals surface area contributed by atoms with Crippen LogP contribution in [0.15, 0.2) is 30.3 Å². The van der Waals surface area contributed by atoms with Crippen molar-refractivity contribution < 1.29 is 14.3 Å². The van der Waals surface area contributed by atoms with Crippen LogP contribution in [0, 0.1) is 6.92 Å². The number of nitrogens with one attached hydrogen (secondary N) is 1. The van der Waals surface area contributed by atoms with Crippen molar-refractivity contribution in [2.24, 2.45) is 0 Å². The Hall–Kier alpha value is -2.11. The van der Waals surface area contributed by atoms with Gasteiger partial charge in [-0.05, 0) is 42.8 Å². The fourth-order valence-electron chi connectivity index (χ4n) is 1.81. The lowest BCUT2D eigenvalue weighted by atomic mass is 10.1. The Bertz CT molecular complexity index is 748. The number of carbonyl (C=O) groups excluding carboxylic acids is 2. The molecule has 1 heterocycles. The summed E-state index contributed by atoms with van der Waals surface area (Å²) < 4.78 is 4.64. The first-order chi connectivity index (χ1) is 10.4. The molecule has 5 nitrogen and oxygen atoms in total. The molecule has 2 aromatic rings. The fraction of sp³-hybridized carbons (Fsp3) is 0.133. The lowest BCUT2D eigenvalue weighted by Crippen LogP contribution is -2.15. The van der Waals surface area contributed by atoms with Crippen LogP contribution in [0.1, 0.15) is 26.4 Å². The Morgan fingerprint density at radius 1 is 1.18 bits per heavy atom. The Morgan fingerprint density at radius 3 is 2.55 bits per heavy atom. The molecule has 0 atom stereocenters. The molecule has 1 amide bonds. The number of aryl methyl sites for hydroxylation is 1. The van der Waals surface area contributed by atoms with Gasteiger partial charge in [0.25, 0.3) is 5.91 Å². The van der Waals surface area contributed by atoms with Gasteiger partial charge in [-0.3, -0.25) is 4.79 Å². The second-order valence-corrected chi connectivity index (χ2v) is 5.23. The number of rotatable bonds is 3. The number of pyridine rings is 1. The van der Waals surface area contributed by atoms with E-state index < -0.39 is 11.9 Å². The largest absolute Gasteiger partial charge is 0.465 e. The minimum atomic E-state index is -0.485. The van der Waals surface area contributed by atoms with Crippen molar-refractivity contribution in [2.75, 3.05) is 12.4 Å². The van der Waals surface area contributed by atoms with Gasteiger partial charge in [0.15, 0.2) is 0 Å². The van der Waals surface area contributed by atoms with E-state index in [4.69, 9.17) is 23.2 Å². The quantitative estimate of drug-likeness (QED) is 0.683. The Labute approximate surface area is 137 Å². The number of halogens is 2. The number of hydrogen-bond donors (Lipinski definition) is 1. The maximum atomic E-state index is 12.2. The molecule has 22 heavy (non-hydrogen) atoms. The molecule has 0 aliphatic rings. The zero-order valence-corrected chi connectivity index (χ0v) is 13.3. The second kappa shape index (κ2) is 6.77. The molecule has 114 valence electrons. The third kappa shape index (κ3) is 3.55. The molecular formula is C15H12Cl2N2O3. The lowest BCUT2D eigenvalue weighted by molar-refractivity contribution is 0.0600. The first kappa shape index (κ1) is 16.3. The van der Waals surface area contributed by atoms with Gasteiger partial charge in [0.2, 0.25) is 0 Å². The minimum absolute atomic E-state index is 0.0330. The monoisotopic (exact) mass is 338 g/mol. The smallest absolute Gasteiger partial charge is 0.337 e. The highest BCUT2D eigenvalue weighted by atomic mass is 35.5. The van der Waals surface area contributed by atoms with Crippen molar-refractivity contribution in [3.63, 3.8) is 0 Å². The van der Waals surface area contributed by atoms with Crippen LogP contribution in [0.5, 0.6) is 0 Å². The zero-order chi connectivity index (χ0) is 16.3. The number of ether oxygens (including phenoxy) is 1. The van der Waals surface area contributed by atoms with Crippen molar-refractivity contribution in [3.05, 3.63) is 57.3 Å². The summed E-state index contributed by atoms with van der Waals surface area (Å²) in [6, 6.07) is 7.78. The first-order valence-electron chi connectivity index (χ1n) is 6.24. The van der Waals surface area contributed by atoms with E-state index in [1.165, 1.54) is 19.2 Å². The van der Waals surface area contributed by atoms with Gasteiger partial charge in [0, 0.05) is 5.69 Å².